The van der Waals surface area contributed by atoms with E-state index in [9.17, 15) is 8.42 Å². The lowest BCUT2D eigenvalue weighted by Gasteiger charge is -2.26. The fourth-order valence-electron chi connectivity index (χ4n) is 2.14. The number of imidazole rings is 1. The van der Waals surface area contributed by atoms with E-state index in [1.165, 1.54) is 15.6 Å². The van der Waals surface area contributed by atoms with Gasteiger partial charge in [-0.15, -0.1) is 22.9 Å². The van der Waals surface area contributed by atoms with Crippen molar-refractivity contribution >= 4 is 48.9 Å². The molecule has 108 valence electrons. The third-order valence-corrected chi connectivity index (χ3v) is 7.71. The summed E-state index contributed by atoms with van der Waals surface area (Å²) < 4.78 is 29.4. The number of hydrogen-bond acceptors (Lipinski definition) is 4. The first-order valence-electron chi connectivity index (χ1n) is 5.86. The number of fused-ring (bicyclic) bond motifs is 1. The van der Waals surface area contributed by atoms with Gasteiger partial charge in [-0.25, -0.2) is 13.4 Å². The number of alkyl halides is 1. The predicted molar refractivity (Wildman–Crippen MR) is 81.4 cm³/mol. The molecule has 20 heavy (non-hydrogen) atoms. The lowest BCUT2D eigenvalue weighted by molar-refractivity contribution is 0.335. The summed E-state index contributed by atoms with van der Waals surface area (Å²) in [5, 5.41) is 0. The third-order valence-electron chi connectivity index (χ3n) is 3.17. The van der Waals surface area contributed by atoms with Gasteiger partial charge in [0.05, 0.1) is 16.2 Å². The Balaban J connectivity index is 1.95. The number of aromatic nitrogens is 2. The van der Waals surface area contributed by atoms with Gasteiger partial charge < -0.3 is 4.57 Å². The van der Waals surface area contributed by atoms with Gasteiger partial charge in [0.1, 0.15) is 10.7 Å². The molecule has 2 aromatic heterocycles. The van der Waals surface area contributed by atoms with Gasteiger partial charge >= 0.3 is 0 Å². The molecule has 1 aliphatic heterocycles. The number of thiophene rings is 1. The number of nitrogens with zero attached hydrogens (tertiary/aromatic N) is 3. The molecule has 0 aromatic carbocycles. The molecule has 0 saturated carbocycles. The second-order valence-electron chi connectivity index (χ2n) is 4.36. The van der Waals surface area contributed by atoms with Crippen LogP contribution in [0.1, 0.15) is 10.7 Å². The van der Waals surface area contributed by atoms with Crippen LogP contribution in [0, 0.1) is 0 Å². The average molecular weight is 397 g/mol. The number of hydrogen-bond donors (Lipinski definition) is 0. The third kappa shape index (κ3) is 2.43. The standard InChI is InChI=1S/C11H11BrClN3O2S2/c12-11-9(5-8(6-13)19-11)20(17,18)16-4-3-15-2-1-14-10(15)7-16/h1-2,5H,3-4,6-7H2. The minimum absolute atomic E-state index is 0.290. The van der Waals surface area contributed by atoms with E-state index in [1.807, 2.05) is 10.8 Å². The lowest BCUT2D eigenvalue weighted by Crippen LogP contribution is -2.38. The summed E-state index contributed by atoms with van der Waals surface area (Å²) in [7, 11) is -3.52. The zero-order valence-electron chi connectivity index (χ0n) is 10.3. The molecule has 0 spiro atoms. The molecule has 1 aliphatic rings. The topological polar surface area (TPSA) is 55.2 Å². The fourth-order valence-corrected chi connectivity index (χ4v) is 6.24. The summed E-state index contributed by atoms with van der Waals surface area (Å²) in [6.45, 7) is 1.37. The Hall–Kier alpha value is -0.410. The maximum absolute atomic E-state index is 12.7. The van der Waals surface area contributed by atoms with Gasteiger partial charge in [-0.1, -0.05) is 0 Å². The van der Waals surface area contributed by atoms with Crippen LogP contribution in [0.25, 0.3) is 0 Å². The SMILES string of the molecule is O=S(=O)(c1cc(CCl)sc1Br)N1CCn2ccnc2C1. The Morgan fingerprint density at radius 1 is 1.45 bits per heavy atom. The van der Waals surface area contributed by atoms with E-state index in [0.29, 0.717) is 29.3 Å². The molecule has 0 atom stereocenters. The minimum atomic E-state index is -3.52. The van der Waals surface area contributed by atoms with Gasteiger partial charge in [-0.05, 0) is 22.0 Å². The van der Waals surface area contributed by atoms with E-state index in [1.54, 1.807) is 12.3 Å². The molecule has 0 unspecified atom stereocenters. The monoisotopic (exact) mass is 395 g/mol. The smallest absolute Gasteiger partial charge is 0.245 e. The summed E-state index contributed by atoms with van der Waals surface area (Å²) in [6.07, 6.45) is 3.56. The van der Waals surface area contributed by atoms with Crippen molar-refractivity contribution in [1.82, 2.24) is 13.9 Å². The second-order valence-corrected chi connectivity index (χ2v) is 8.99. The first-order valence-corrected chi connectivity index (χ1v) is 9.45. The van der Waals surface area contributed by atoms with E-state index >= 15 is 0 Å². The van der Waals surface area contributed by atoms with E-state index in [-0.39, 0.29) is 4.90 Å². The Morgan fingerprint density at radius 3 is 2.95 bits per heavy atom. The number of rotatable bonds is 3. The maximum atomic E-state index is 12.7. The molecule has 0 bridgehead atoms. The Kier molecular flexibility index (Phi) is 3.93. The van der Waals surface area contributed by atoms with Crippen molar-refractivity contribution < 1.29 is 8.42 Å². The molecular weight excluding hydrogens is 386 g/mol. The average Bonchev–Trinajstić information content (AvgIpc) is 3.03. The predicted octanol–water partition coefficient (Wildman–Crippen LogP) is 2.65. The molecule has 0 N–H and O–H groups in total. The quantitative estimate of drug-likeness (QED) is 0.750. The molecule has 0 radical (unpaired) electrons. The van der Waals surface area contributed by atoms with Gasteiger partial charge in [0.15, 0.2) is 0 Å². The molecular formula is C11H11BrClN3O2S2. The highest BCUT2D eigenvalue weighted by atomic mass is 79.9. The minimum Gasteiger partial charge on any atom is -0.333 e. The van der Waals surface area contributed by atoms with E-state index in [0.717, 1.165) is 10.7 Å². The van der Waals surface area contributed by atoms with Crippen LogP contribution in [0.4, 0.5) is 0 Å². The van der Waals surface area contributed by atoms with Crippen molar-refractivity contribution in [2.24, 2.45) is 0 Å². The molecule has 2 aromatic rings. The maximum Gasteiger partial charge on any atom is 0.245 e. The van der Waals surface area contributed by atoms with Gasteiger partial charge in [-0.3, -0.25) is 0 Å². The van der Waals surface area contributed by atoms with Crippen LogP contribution in [-0.2, 0) is 29.0 Å². The summed E-state index contributed by atoms with van der Waals surface area (Å²) in [5.41, 5.74) is 0. The zero-order valence-corrected chi connectivity index (χ0v) is 14.3. The second kappa shape index (κ2) is 5.42. The molecule has 3 rings (SSSR count). The highest BCUT2D eigenvalue weighted by Gasteiger charge is 2.31. The van der Waals surface area contributed by atoms with Crippen LogP contribution in [0.15, 0.2) is 27.1 Å². The molecule has 0 fully saturated rings. The summed E-state index contributed by atoms with van der Waals surface area (Å²) in [5.74, 6) is 1.08. The van der Waals surface area contributed by atoms with Crippen LogP contribution in [0.5, 0.6) is 0 Å². The highest BCUT2D eigenvalue weighted by molar-refractivity contribution is 9.11. The first kappa shape index (κ1) is 14.5. The molecule has 0 amide bonds. The van der Waals surface area contributed by atoms with Gasteiger partial charge in [-0.2, -0.15) is 4.31 Å². The molecule has 3 heterocycles. The summed E-state index contributed by atoms with van der Waals surface area (Å²) >= 11 is 10.4. The van der Waals surface area contributed by atoms with Crippen molar-refractivity contribution in [2.75, 3.05) is 6.54 Å². The van der Waals surface area contributed by atoms with Crippen molar-refractivity contribution in [3.63, 3.8) is 0 Å². The van der Waals surface area contributed by atoms with E-state index < -0.39 is 10.0 Å². The molecule has 0 saturated heterocycles. The first-order chi connectivity index (χ1) is 9.52. The summed E-state index contributed by atoms with van der Waals surface area (Å²) in [4.78, 5) is 5.30. The van der Waals surface area contributed by atoms with Gasteiger partial charge in [0.2, 0.25) is 10.0 Å². The Labute approximate surface area is 134 Å². The van der Waals surface area contributed by atoms with Crippen molar-refractivity contribution in [1.29, 1.82) is 0 Å². The van der Waals surface area contributed by atoms with Crippen LogP contribution >= 0.6 is 38.9 Å². The van der Waals surface area contributed by atoms with Gasteiger partial charge in [0.25, 0.3) is 0 Å². The largest absolute Gasteiger partial charge is 0.333 e. The molecule has 9 heteroatoms. The van der Waals surface area contributed by atoms with Crippen LogP contribution in [0.3, 0.4) is 0 Å². The highest BCUT2D eigenvalue weighted by Crippen LogP contribution is 2.35. The Bertz CT molecular complexity index is 741. The summed E-state index contributed by atoms with van der Waals surface area (Å²) in [6, 6.07) is 1.64. The van der Waals surface area contributed by atoms with Crippen LogP contribution in [-0.4, -0.2) is 28.8 Å². The van der Waals surface area contributed by atoms with Crippen molar-refractivity contribution in [3.8, 4) is 0 Å². The van der Waals surface area contributed by atoms with Crippen molar-refractivity contribution in [2.45, 2.75) is 23.9 Å². The number of halogens is 2. The van der Waals surface area contributed by atoms with Crippen LogP contribution < -0.4 is 0 Å². The lowest BCUT2D eigenvalue weighted by atomic mass is 10.4. The van der Waals surface area contributed by atoms with Crippen LogP contribution in [0.2, 0.25) is 0 Å². The van der Waals surface area contributed by atoms with Gasteiger partial charge in [0, 0.05) is 30.4 Å². The Morgan fingerprint density at radius 2 is 2.25 bits per heavy atom. The van der Waals surface area contributed by atoms with E-state index in [2.05, 4.69) is 20.9 Å². The number of sulfonamides is 1. The molecule has 0 aliphatic carbocycles. The normalized spacial score (nSPS) is 16.3. The fraction of sp³-hybridized carbons (Fsp3) is 0.364. The van der Waals surface area contributed by atoms with E-state index in [4.69, 9.17) is 11.6 Å². The zero-order chi connectivity index (χ0) is 14.3. The van der Waals surface area contributed by atoms with Crippen molar-refractivity contribution in [3.05, 3.63) is 32.9 Å². The molecule has 5 nitrogen and oxygen atoms in total.